The maximum absolute atomic E-state index is 10.8. The van der Waals surface area contributed by atoms with Crippen LogP contribution in [0.15, 0.2) is 35.8 Å². The third-order valence-corrected chi connectivity index (χ3v) is 2.47. The van der Waals surface area contributed by atoms with Gasteiger partial charge in [-0.15, -0.1) is 0 Å². The normalized spacial score (nSPS) is 28.6. The highest BCUT2D eigenvalue weighted by Crippen LogP contribution is 2.28. The fraction of sp³-hybridized carbons (Fsp3) is 0.300. The molecule has 2 aliphatic rings. The third-order valence-electron chi connectivity index (χ3n) is 2.47. The van der Waals surface area contributed by atoms with Crippen molar-refractivity contribution in [2.45, 2.75) is 6.04 Å². The fourth-order valence-corrected chi connectivity index (χ4v) is 1.72. The lowest BCUT2D eigenvalue weighted by molar-refractivity contribution is -0.133. The third kappa shape index (κ3) is 1.28. The molecule has 2 unspecified atom stereocenters. The zero-order valence-electron chi connectivity index (χ0n) is 7.73. The monoisotopic (exact) mass is 193 g/mol. The molecule has 1 heterocycles. The Kier molecular flexibility index (Phi) is 2.04. The van der Waals surface area contributed by atoms with E-state index in [0.717, 1.165) is 0 Å². The molecule has 4 heteroatoms. The zero-order chi connectivity index (χ0) is 10.1. The van der Waals surface area contributed by atoms with Gasteiger partial charge in [0.1, 0.15) is 5.76 Å². The van der Waals surface area contributed by atoms with Crippen molar-refractivity contribution in [3.05, 3.63) is 35.8 Å². The number of fused-ring (bicyclic) bond motifs is 1. The first kappa shape index (κ1) is 8.87. The molecule has 1 aliphatic heterocycles. The van der Waals surface area contributed by atoms with Crippen LogP contribution in [0.25, 0.3) is 0 Å². The molecule has 0 bridgehead atoms. The van der Waals surface area contributed by atoms with E-state index in [2.05, 4.69) is 5.32 Å². The molecule has 0 amide bonds. The van der Waals surface area contributed by atoms with Gasteiger partial charge in [-0.3, -0.25) is 0 Å². The molecular weight excluding hydrogens is 182 g/mol. The number of carbonyl (C=O) groups is 1. The number of rotatable bonds is 2. The highest BCUT2D eigenvalue weighted by atomic mass is 16.5. The number of hydrogen-bond acceptors (Lipinski definition) is 3. The van der Waals surface area contributed by atoms with Crippen molar-refractivity contribution in [3.8, 4) is 0 Å². The van der Waals surface area contributed by atoms with Gasteiger partial charge in [0.15, 0.2) is 0 Å². The van der Waals surface area contributed by atoms with Crippen LogP contribution in [-0.4, -0.2) is 24.2 Å². The van der Waals surface area contributed by atoms with Gasteiger partial charge in [0.05, 0.1) is 18.7 Å². The van der Waals surface area contributed by atoms with Gasteiger partial charge in [-0.25, -0.2) is 4.79 Å². The molecule has 0 spiro atoms. The number of carboxylic acid groups (broad SMARTS) is 1. The molecule has 0 saturated heterocycles. The predicted molar refractivity (Wildman–Crippen MR) is 50.4 cm³/mol. The van der Waals surface area contributed by atoms with Gasteiger partial charge in [0.25, 0.3) is 0 Å². The van der Waals surface area contributed by atoms with Crippen molar-refractivity contribution in [1.29, 1.82) is 0 Å². The highest BCUT2D eigenvalue weighted by molar-refractivity contribution is 5.88. The first-order valence-corrected chi connectivity index (χ1v) is 4.36. The Morgan fingerprint density at radius 1 is 1.64 bits per heavy atom. The maximum atomic E-state index is 10.8. The minimum absolute atomic E-state index is 0.0556. The van der Waals surface area contributed by atoms with Gasteiger partial charge in [-0.05, 0) is 12.2 Å². The van der Waals surface area contributed by atoms with Crippen molar-refractivity contribution < 1.29 is 14.6 Å². The summed E-state index contributed by atoms with van der Waals surface area (Å²) in [5.41, 5.74) is 0.383. The molecular formula is C10H11NO3. The zero-order valence-corrected chi connectivity index (χ0v) is 7.73. The Morgan fingerprint density at radius 2 is 2.43 bits per heavy atom. The molecule has 74 valence electrons. The summed E-state index contributed by atoms with van der Waals surface area (Å²) in [7, 11) is 1.57. The summed E-state index contributed by atoms with van der Waals surface area (Å²) in [5.74, 6) is -0.290. The van der Waals surface area contributed by atoms with Crippen molar-refractivity contribution >= 4 is 5.97 Å². The van der Waals surface area contributed by atoms with E-state index in [1.54, 1.807) is 13.3 Å². The molecule has 4 nitrogen and oxygen atoms in total. The van der Waals surface area contributed by atoms with Gasteiger partial charge in [-0.1, -0.05) is 6.08 Å². The van der Waals surface area contributed by atoms with E-state index in [0.29, 0.717) is 11.3 Å². The summed E-state index contributed by atoms with van der Waals surface area (Å²) < 4.78 is 5.05. The summed E-state index contributed by atoms with van der Waals surface area (Å²) in [6, 6.07) is 0.0556. The number of ether oxygens (including phenoxy) is 1. The maximum Gasteiger partial charge on any atom is 0.333 e. The van der Waals surface area contributed by atoms with E-state index in [1.807, 2.05) is 18.2 Å². The molecule has 14 heavy (non-hydrogen) atoms. The van der Waals surface area contributed by atoms with Gasteiger partial charge >= 0.3 is 5.97 Å². The van der Waals surface area contributed by atoms with Crippen molar-refractivity contribution in [2.75, 3.05) is 7.11 Å². The number of carboxylic acids is 1. The lowest BCUT2D eigenvalue weighted by Gasteiger charge is -2.19. The molecule has 2 atom stereocenters. The van der Waals surface area contributed by atoms with Crippen LogP contribution < -0.4 is 5.32 Å². The minimum Gasteiger partial charge on any atom is -0.497 e. The van der Waals surface area contributed by atoms with Crippen molar-refractivity contribution in [2.24, 2.45) is 5.92 Å². The van der Waals surface area contributed by atoms with Crippen LogP contribution in [0.1, 0.15) is 0 Å². The van der Waals surface area contributed by atoms with E-state index in [4.69, 9.17) is 9.84 Å². The number of nitrogens with one attached hydrogen (secondary N) is 1. The fourth-order valence-electron chi connectivity index (χ4n) is 1.72. The molecule has 0 aromatic heterocycles. The van der Waals surface area contributed by atoms with Crippen LogP contribution in [0.3, 0.4) is 0 Å². The molecule has 0 radical (unpaired) electrons. The van der Waals surface area contributed by atoms with E-state index >= 15 is 0 Å². The van der Waals surface area contributed by atoms with E-state index in [-0.39, 0.29) is 12.0 Å². The summed E-state index contributed by atoms with van der Waals surface area (Å²) in [4.78, 5) is 10.8. The van der Waals surface area contributed by atoms with Gasteiger partial charge in [0.2, 0.25) is 0 Å². The topological polar surface area (TPSA) is 58.6 Å². The van der Waals surface area contributed by atoms with Crippen LogP contribution in [0.4, 0.5) is 0 Å². The SMILES string of the molecule is COC1=CC2C(C(=O)O)=CNC2C=C1. The average Bonchev–Trinajstić information content (AvgIpc) is 2.59. The lowest BCUT2D eigenvalue weighted by Crippen LogP contribution is -2.27. The predicted octanol–water partition coefficient (Wildman–Crippen LogP) is 0.643. The van der Waals surface area contributed by atoms with Gasteiger partial charge in [0, 0.05) is 12.1 Å². The molecule has 2 rings (SSSR count). The number of methoxy groups -OCH3 is 1. The molecule has 2 N–H and O–H groups in total. The van der Waals surface area contributed by atoms with Crippen LogP contribution in [-0.2, 0) is 9.53 Å². The Hall–Kier alpha value is -1.71. The Labute approximate surface area is 81.6 Å². The highest BCUT2D eigenvalue weighted by Gasteiger charge is 2.32. The minimum atomic E-state index is -0.882. The van der Waals surface area contributed by atoms with Crippen LogP contribution in [0.2, 0.25) is 0 Å². The molecule has 0 aromatic carbocycles. The summed E-state index contributed by atoms with van der Waals surface area (Å²) in [5, 5.41) is 11.9. The average molecular weight is 193 g/mol. The van der Waals surface area contributed by atoms with Gasteiger partial charge in [-0.2, -0.15) is 0 Å². The largest absolute Gasteiger partial charge is 0.497 e. The number of hydrogen-bond donors (Lipinski definition) is 2. The van der Waals surface area contributed by atoms with Crippen LogP contribution >= 0.6 is 0 Å². The second kappa shape index (κ2) is 3.21. The Morgan fingerprint density at radius 3 is 3.07 bits per heavy atom. The quantitative estimate of drug-likeness (QED) is 0.675. The van der Waals surface area contributed by atoms with Crippen molar-refractivity contribution in [3.63, 3.8) is 0 Å². The summed E-state index contributed by atoms with van der Waals surface area (Å²) in [6.45, 7) is 0. The lowest BCUT2D eigenvalue weighted by atomic mass is 9.91. The molecule has 0 fully saturated rings. The molecule has 1 aliphatic carbocycles. The summed E-state index contributed by atoms with van der Waals surface area (Å²) >= 11 is 0. The standard InChI is InChI=1S/C10H11NO3/c1-14-6-2-3-9-7(4-6)8(5-11-9)10(12)13/h2-5,7,9,11H,1H3,(H,12,13). The first-order valence-electron chi connectivity index (χ1n) is 4.36. The van der Waals surface area contributed by atoms with E-state index in [1.165, 1.54) is 0 Å². The molecule has 0 saturated carbocycles. The second-order valence-corrected chi connectivity index (χ2v) is 3.26. The number of aliphatic carboxylic acids is 1. The van der Waals surface area contributed by atoms with Crippen LogP contribution in [0.5, 0.6) is 0 Å². The second-order valence-electron chi connectivity index (χ2n) is 3.26. The van der Waals surface area contributed by atoms with E-state index in [9.17, 15) is 4.79 Å². The van der Waals surface area contributed by atoms with Gasteiger partial charge < -0.3 is 15.2 Å². The number of allylic oxidation sites excluding steroid dienone is 1. The van der Waals surface area contributed by atoms with E-state index < -0.39 is 5.97 Å². The van der Waals surface area contributed by atoms with Crippen LogP contribution in [0, 0.1) is 5.92 Å². The Balaban J connectivity index is 2.26. The molecule has 0 aromatic rings. The summed E-state index contributed by atoms with van der Waals surface area (Å²) in [6.07, 6.45) is 7.13. The van der Waals surface area contributed by atoms with Crippen molar-refractivity contribution in [1.82, 2.24) is 5.32 Å². The smallest absolute Gasteiger partial charge is 0.333 e. The first-order chi connectivity index (χ1) is 6.72. The Bertz CT molecular complexity index is 354.